The van der Waals surface area contributed by atoms with E-state index >= 15 is 0 Å². The van der Waals surface area contributed by atoms with Crippen molar-refractivity contribution in [1.82, 2.24) is 0 Å². The molecule has 0 spiro atoms. The molecule has 0 heterocycles. The SMILES string of the molecule is CCCCCCC(C)CCI. The molecule has 0 fully saturated rings. The predicted octanol–water partition coefficient (Wildman–Crippen LogP) is 4.42. The monoisotopic (exact) mass is 268 g/mol. The Kier molecular flexibility index (Phi) is 9.41. The van der Waals surface area contributed by atoms with Gasteiger partial charge < -0.3 is 0 Å². The van der Waals surface area contributed by atoms with Gasteiger partial charge in [-0.15, -0.1) is 0 Å². The topological polar surface area (TPSA) is 0 Å². The van der Waals surface area contributed by atoms with Gasteiger partial charge in [0.15, 0.2) is 0 Å². The molecule has 0 amide bonds. The van der Waals surface area contributed by atoms with Crippen molar-refractivity contribution in [3.63, 3.8) is 0 Å². The van der Waals surface area contributed by atoms with Crippen molar-refractivity contribution >= 4 is 22.6 Å². The first-order chi connectivity index (χ1) is 5.31. The Morgan fingerprint density at radius 2 is 1.82 bits per heavy atom. The highest BCUT2D eigenvalue weighted by Gasteiger charge is 1.99. The van der Waals surface area contributed by atoms with Gasteiger partial charge in [-0.25, -0.2) is 0 Å². The van der Waals surface area contributed by atoms with E-state index in [0.29, 0.717) is 0 Å². The van der Waals surface area contributed by atoms with Gasteiger partial charge in [-0.3, -0.25) is 0 Å². The van der Waals surface area contributed by atoms with Crippen LogP contribution in [-0.2, 0) is 0 Å². The van der Waals surface area contributed by atoms with Gasteiger partial charge in [0.25, 0.3) is 0 Å². The molecule has 0 aliphatic rings. The van der Waals surface area contributed by atoms with Crippen LogP contribution in [0, 0.1) is 5.92 Å². The lowest BCUT2D eigenvalue weighted by Crippen LogP contribution is -1.94. The first-order valence-corrected chi connectivity index (χ1v) is 6.39. The summed E-state index contributed by atoms with van der Waals surface area (Å²) in [5.74, 6) is 0.962. The number of hydrogen-bond acceptors (Lipinski definition) is 0. The molecule has 0 saturated heterocycles. The Morgan fingerprint density at radius 3 is 2.36 bits per heavy atom. The smallest absolute Gasteiger partial charge is 0.000219 e. The van der Waals surface area contributed by atoms with Crippen molar-refractivity contribution in [2.75, 3.05) is 4.43 Å². The lowest BCUT2D eigenvalue weighted by molar-refractivity contribution is 0.482. The summed E-state index contributed by atoms with van der Waals surface area (Å²) < 4.78 is 1.33. The summed E-state index contributed by atoms with van der Waals surface area (Å²) in [5.41, 5.74) is 0. The number of rotatable bonds is 7. The van der Waals surface area contributed by atoms with Crippen molar-refractivity contribution in [3.8, 4) is 0 Å². The zero-order valence-corrected chi connectivity index (χ0v) is 10.1. The molecule has 11 heavy (non-hydrogen) atoms. The van der Waals surface area contributed by atoms with E-state index in [1.165, 1.54) is 43.0 Å². The third kappa shape index (κ3) is 8.64. The molecule has 68 valence electrons. The molecule has 1 atom stereocenters. The fourth-order valence-electron chi connectivity index (χ4n) is 1.25. The van der Waals surface area contributed by atoms with Crippen molar-refractivity contribution in [1.29, 1.82) is 0 Å². The fraction of sp³-hybridized carbons (Fsp3) is 1.00. The van der Waals surface area contributed by atoms with Gasteiger partial charge in [0.2, 0.25) is 0 Å². The van der Waals surface area contributed by atoms with Crippen LogP contribution in [0.2, 0.25) is 0 Å². The Bertz CT molecular complexity index is 71.3. The van der Waals surface area contributed by atoms with Crippen LogP contribution in [0.1, 0.15) is 52.4 Å². The summed E-state index contributed by atoms with van der Waals surface area (Å²) in [5, 5.41) is 0. The van der Waals surface area contributed by atoms with Crippen LogP contribution in [0.25, 0.3) is 0 Å². The molecule has 0 aromatic rings. The van der Waals surface area contributed by atoms with E-state index < -0.39 is 0 Å². The normalized spacial score (nSPS) is 13.4. The molecule has 1 unspecified atom stereocenters. The number of halogens is 1. The minimum absolute atomic E-state index is 0.962. The molecule has 0 nitrogen and oxygen atoms in total. The summed E-state index contributed by atoms with van der Waals surface area (Å²) in [6.07, 6.45) is 8.54. The van der Waals surface area contributed by atoms with Crippen LogP contribution in [0.4, 0.5) is 0 Å². The van der Waals surface area contributed by atoms with E-state index in [2.05, 4.69) is 36.4 Å². The highest BCUT2D eigenvalue weighted by atomic mass is 127. The van der Waals surface area contributed by atoms with Crippen LogP contribution >= 0.6 is 22.6 Å². The van der Waals surface area contributed by atoms with Gasteiger partial charge >= 0.3 is 0 Å². The van der Waals surface area contributed by atoms with E-state index in [9.17, 15) is 0 Å². The highest BCUT2D eigenvalue weighted by Crippen LogP contribution is 2.14. The lowest BCUT2D eigenvalue weighted by atomic mass is 10.0. The van der Waals surface area contributed by atoms with E-state index in [1.807, 2.05) is 0 Å². The standard InChI is InChI=1S/C10H21I/c1-3-4-5-6-7-10(2)8-9-11/h10H,3-9H2,1-2H3. The molecule has 0 saturated carbocycles. The molecule has 0 aromatic carbocycles. The zero-order chi connectivity index (χ0) is 8.53. The molecule has 0 rings (SSSR count). The maximum atomic E-state index is 2.47. The second-order valence-electron chi connectivity index (χ2n) is 3.43. The lowest BCUT2D eigenvalue weighted by Gasteiger charge is -2.07. The van der Waals surface area contributed by atoms with Gasteiger partial charge in [0, 0.05) is 0 Å². The maximum absolute atomic E-state index is 2.47. The van der Waals surface area contributed by atoms with Crippen LogP contribution in [0.15, 0.2) is 0 Å². The van der Waals surface area contributed by atoms with E-state index in [4.69, 9.17) is 0 Å². The summed E-state index contributed by atoms with van der Waals surface area (Å²) in [4.78, 5) is 0. The quantitative estimate of drug-likeness (QED) is 0.364. The molecule has 0 aliphatic heterocycles. The summed E-state index contributed by atoms with van der Waals surface area (Å²) in [6, 6.07) is 0. The Morgan fingerprint density at radius 1 is 1.09 bits per heavy atom. The third-order valence-electron chi connectivity index (χ3n) is 2.15. The number of hydrogen-bond donors (Lipinski definition) is 0. The molecule has 0 radical (unpaired) electrons. The molecule has 0 N–H and O–H groups in total. The first-order valence-electron chi connectivity index (χ1n) is 4.87. The molecule has 0 aliphatic carbocycles. The number of alkyl halides is 1. The van der Waals surface area contributed by atoms with E-state index in [0.717, 1.165) is 5.92 Å². The summed E-state index contributed by atoms with van der Waals surface area (Å²) >= 11 is 2.47. The van der Waals surface area contributed by atoms with Crippen LogP contribution in [0.5, 0.6) is 0 Å². The zero-order valence-electron chi connectivity index (χ0n) is 7.91. The fourth-order valence-corrected chi connectivity index (χ4v) is 2.31. The van der Waals surface area contributed by atoms with E-state index in [1.54, 1.807) is 0 Å². The molecule has 1 heteroatoms. The van der Waals surface area contributed by atoms with Gasteiger partial charge in [-0.1, -0.05) is 68.5 Å². The van der Waals surface area contributed by atoms with Crippen molar-refractivity contribution in [2.24, 2.45) is 5.92 Å². The first kappa shape index (κ1) is 11.7. The third-order valence-corrected chi connectivity index (χ3v) is 2.78. The van der Waals surface area contributed by atoms with Crippen LogP contribution in [-0.4, -0.2) is 4.43 Å². The molecular weight excluding hydrogens is 247 g/mol. The van der Waals surface area contributed by atoms with Crippen molar-refractivity contribution in [3.05, 3.63) is 0 Å². The van der Waals surface area contributed by atoms with Crippen molar-refractivity contribution < 1.29 is 0 Å². The number of unbranched alkanes of at least 4 members (excludes halogenated alkanes) is 3. The minimum atomic E-state index is 0.962. The highest BCUT2D eigenvalue weighted by molar-refractivity contribution is 14.1. The largest absolute Gasteiger partial charge is 0.0864 e. The molecule has 0 aromatic heterocycles. The second-order valence-corrected chi connectivity index (χ2v) is 4.51. The van der Waals surface area contributed by atoms with Gasteiger partial charge in [0.05, 0.1) is 0 Å². The van der Waals surface area contributed by atoms with Crippen LogP contribution in [0.3, 0.4) is 0 Å². The van der Waals surface area contributed by atoms with Crippen LogP contribution < -0.4 is 0 Å². The van der Waals surface area contributed by atoms with Crippen molar-refractivity contribution in [2.45, 2.75) is 52.4 Å². The van der Waals surface area contributed by atoms with Gasteiger partial charge in [-0.2, -0.15) is 0 Å². The van der Waals surface area contributed by atoms with E-state index in [-0.39, 0.29) is 0 Å². The maximum Gasteiger partial charge on any atom is -0.000219 e. The Balaban J connectivity index is 2.97. The average molecular weight is 268 g/mol. The van der Waals surface area contributed by atoms with Gasteiger partial charge in [0.1, 0.15) is 0 Å². The molecule has 0 bridgehead atoms. The van der Waals surface area contributed by atoms with Gasteiger partial charge in [-0.05, 0) is 16.8 Å². The Hall–Kier alpha value is 0.730. The molecular formula is C10H21I. The Labute approximate surface area is 85.3 Å². The predicted molar refractivity (Wildman–Crippen MR) is 61.4 cm³/mol. The summed E-state index contributed by atoms with van der Waals surface area (Å²) in [7, 11) is 0. The second kappa shape index (κ2) is 8.82. The summed E-state index contributed by atoms with van der Waals surface area (Å²) in [6.45, 7) is 4.65. The average Bonchev–Trinajstić information content (AvgIpc) is 1.99. The minimum Gasteiger partial charge on any atom is -0.0864 e.